The summed E-state index contributed by atoms with van der Waals surface area (Å²) in [5.41, 5.74) is 2.45. The van der Waals surface area contributed by atoms with Gasteiger partial charge in [0.15, 0.2) is 0 Å². The van der Waals surface area contributed by atoms with Crippen molar-refractivity contribution in [2.45, 2.75) is 38.5 Å². The van der Waals surface area contributed by atoms with Crippen molar-refractivity contribution in [2.75, 3.05) is 26.0 Å². The van der Waals surface area contributed by atoms with Gasteiger partial charge in [-0.15, -0.1) is 0 Å². The molecule has 0 spiro atoms. The van der Waals surface area contributed by atoms with Gasteiger partial charge < -0.3 is 15.2 Å². The molecule has 1 aromatic carbocycles. The summed E-state index contributed by atoms with van der Waals surface area (Å²) in [6.45, 7) is 7.52. The minimum atomic E-state index is 0.218. The number of rotatable bonds is 9. The molecule has 0 aliphatic rings. The number of aryl methyl sites for hydroxylation is 1. The highest BCUT2D eigenvalue weighted by atomic mass is 32.2. The van der Waals surface area contributed by atoms with Crippen LogP contribution in [0.2, 0.25) is 0 Å². The van der Waals surface area contributed by atoms with E-state index in [1.54, 1.807) is 18.9 Å². The zero-order valence-electron chi connectivity index (χ0n) is 13.0. The summed E-state index contributed by atoms with van der Waals surface area (Å²) in [6.07, 6.45) is 1.10. The van der Waals surface area contributed by atoms with Gasteiger partial charge in [0.05, 0.1) is 13.7 Å². The maximum atomic E-state index is 9.17. The minimum Gasteiger partial charge on any atom is -0.496 e. The fraction of sp³-hybridized carbons (Fsp3) is 0.625. The maximum Gasteiger partial charge on any atom is 0.123 e. The third kappa shape index (κ3) is 5.35. The quantitative estimate of drug-likeness (QED) is 0.734. The number of nitrogens with one attached hydrogen (secondary N) is 1. The average molecular weight is 297 g/mol. The van der Waals surface area contributed by atoms with Crippen LogP contribution in [0.4, 0.5) is 0 Å². The number of ether oxygens (including phenoxy) is 1. The van der Waals surface area contributed by atoms with Crippen LogP contribution >= 0.6 is 11.8 Å². The Kier molecular flexibility index (Phi) is 8.04. The van der Waals surface area contributed by atoms with E-state index in [9.17, 15) is 5.11 Å². The predicted octanol–water partition coefficient (Wildman–Crippen LogP) is 3.16. The molecule has 3 nitrogen and oxygen atoms in total. The second-order valence-electron chi connectivity index (χ2n) is 5.08. The summed E-state index contributed by atoms with van der Waals surface area (Å²) in [5.74, 6) is 1.86. The Balaban J connectivity index is 2.88. The standard InChI is InChI=1S/C16H27NO2S/c1-5-8-17-15(11-20-13(3)10-18)14-9-12(2)6-7-16(14)19-4/h6-7,9,13,15,17-18H,5,8,10-11H2,1-4H3. The molecule has 0 aromatic heterocycles. The highest BCUT2D eigenvalue weighted by molar-refractivity contribution is 7.99. The van der Waals surface area contributed by atoms with Crippen molar-refractivity contribution >= 4 is 11.8 Å². The van der Waals surface area contributed by atoms with E-state index in [2.05, 4.69) is 38.2 Å². The van der Waals surface area contributed by atoms with E-state index in [4.69, 9.17) is 4.74 Å². The first-order valence-electron chi connectivity index (χ1n) is 7.22. The van der Waals surface area contributed by atoms with Crippen molar-refractivity contribution in [3.05, 3.63) is 29.3 Å². The van der Waals surface area contributed by atoms with Gasteiger partial charge in [0.25, 0.3) is 0 Å². The first kappa shape index (κ1) is 17.3. The van der Waals surface area contributed by atoms with Crippen LogP contribution in [0.15, 0.2) is 18.2 Å². The van der Waals surface area contributed by atoms with Crippen LogP contribution in [0.5, 0.6) is 5.75 Å². The third-order valence-electron chi connectivity index (χ3n) is 3.21. The molecule has 0 aliphatic heterocycles. The molecular weight excluding hydrogens is 270 g/mol. The van der Waals surface area contributed by atoms with Crippen LogP contribution in [0.3, 0.4) is 0 Å². The van der Waals surface area contributed by atoms with E-state index in [-0.39, 0.29) is 17.9 Å². The normalized spacial score (nSPS) is 14.1. The van der Waals surface area contributed by atoms with Crippen molar-refractivity contribution in [1.82, 2.24) is 5.32 Å². The Bertz CT molecular complexity index is 398. The molecule has 1 aromatic rings. The van der Waals surface area contributed by atoms with E-state index >= 15 is 0 Å². The molecule has 0 amide bonds. The highest BCUT2D eigenvalue weighted by Gasteiger charge is 2.17. The number of hydrogen-bond donors (Lipinski definition) is 2. The molecule has 0 fully saturated rings. The Labute approximate surface area is 127 Å². The van der Waals surface area contributed by atoms with Crippen LogP contribution in [-0.2, 0) is 0 Å². The molecule has 0 heterocycles. The smallest absolute Gasteiger partial charge is 0.123 e. The van der Waals surface area contributed by atoms with Crippen molar-refractivity contribution < 1.29 is 9.84 Å². The van der Waals surface area contributed by atoms with E-state index in [1.807, 2.05) is 6.07 Å². The van der Waals surface area contributed by atoms with Gasteiger partial charge in [-0.05, 0) is 26.0 Å². The monoisotopic (exact) mass is 297 g/mol. The van der Waals surface area contributed by atoms with Crippen LogP contribution in [-0.4, -0.2) is 36.4 Å². The summed E-state index contributed by atoms with van der Waals surface area (Å²) in [4.78, 5) is 0. The van der Waals surface area contributed by atoms with Gasteiger partial charge in [-0.3, -0.25) is 0 Å². The summed E-state index contributed by atoms with van der Waals surface area (Å²) >= 11 is 1.79. The average Bonchev–Trinajstić information content (AvgIpc) is 2.47. The van der Waals surface area contributed by atoms with Gasteiger partial charge in [0, 0.05) is 22.6 Å². The molecule has 2 atom stereocenters. The van der Waals surface area contributed by atoms with Crippen LogP contribution in [0.25, 0.3) is 0 Å². The first-order valence-corrected chi connectivity index (χ1v) is 8.27. The van der Waals surface area contributed by atoms with Crippen molar-refractivity contribution in [2.24, 2.45) is 0 Å². The summed E-state index contributed by atoms with van der Waals surface area (Å²) in [5, 5.41) is 13.0. The molecule has 0 bridgehead atoms. The summed E-state index contributed by atoms with van der Waals surface area (Å²) in [7, 11) is 1.72. The lowest BCUT2D eigenvalue weighted by Crippen LogP contribution is -2.25. The van der Waals surface area contributed by atoms with Gasteiger partial charge >= 0.3 is 0 Å². The number of thioether (sulfide) groups is 1. The maximum absolute atomic E-state index is 9.17. The van der Waals surface area contributed by atoms with E-state index in [1.165, 1.54) is 11.1 Å². The minimum absolute atomic E-state index is 0.218. The number of hydrogen-bond acceptors (Lipinski definition) is 4. The molecule has 2 unspecified atom stereocenters. The molecule has 0 aliphatic carbocycles. The van der Waals surface area contributed by atoms with Gasteiger partial charge in [0.1, 0.15) is 5.75 Å². The molecule has 0 radical (unpaired) electrons. The third-order valence-corrected chi connectivity index (χ3v) is 4.45. The lowest BCUT2D eigenvalue weighted by atomic mass is 10.0. The fourth-order valence-corrected chi connectivity index (χ4v) is 2.94. The van der Waals surface area contributed by atoms with Gasteiger partial charge in [-0.2, -0.15) is 11.8 Å². The Hall–Kier alpha value is -0.710. The molecular formula is C16H27NO2S. The first-order chi connectivity index (χ1) is 9.62. The molecule has 20 heavy (non-hydrogen) atoms. The van der Waals surface area contributed by atoms with Gasteiger partial charge in [-0.1, -0.05) is 31.5 Å². The summed E-state index contributed by atoms with van der Waals surface area (Å²) < 4.78 is 5.50. The second-order valence-corrected chi connectivity index (χ2v) is 6.55. The highest BCUT2D eigenvalue weighted by Crippen LogP contribution is 2.29. The van der Waals surface area contributed by atoms with Crippen molar-refractivity contribution in [3.8, 4) is 5.75 Å². The molecule has 114 valence electrons. The SMILES string of the molecule is CCCNC(CSC(C)CO)c1cc(C)ccc1OC. The Morgan fingerprint density at radius 3 is 2.75 bits per heavy atom. The van der Waals surface area contributed by atoms with Crippen LogP contribution in [0.1, 0.15) is 37.4 Å². The Morgan fingerprint density at radius 2 is 2.15 bits per heavy atom. The molecule has 4 heteroatoms. The van der Waals surface area contributed by atoms with E-state index < -0.39 is 0 Å². The second kappa shape index (κ2) is 9.27. The topological polar surface area (TPSA) is 41.5 Å². The summed E-state index contributed by atoms with van der Waals surface area (Å²) in [6, 6.07) is 6.55. The van der Waals surface area contributed by atoms with Gasteiger partial charge in [-0.25, -0.2) is 0 Å². The van der Waals surface area contributed by atoms with Crippen LogP contribution < -0.4 is 10.1 Å². The number of aliphatic hydroxyl groups is 1. The zero-order valence-corrected chi connectivity index (χ0v) is 13.8. The van der Waals surface area contributed by atoms with Gasteiger partial charge in [0.2, 0.25) is 0 Å². The number of aliphatic hydroxyl groups excluding tert-OH is 1. The fourth-order valence-electron chi connectivity index (χ4n) is 2.02. The lowest BCUT2D eigenvalue weighted by molar-refractivity contribution is 0.300. The predicted molar refractivity (Wildman–Crippen MR) is 87.8 cm³/mol. The number of benzene rings is 1. The van der Waals surface area contributed by atoms with Crippen LogP contribution in [0, 0.1) is 6.92 Å². The molecule has 0 saturated carbocycles. The molecule has 1 rings (SSSR count). The largest absolute Gasteiger partial charge is 0.496 e. The zero-order chi connectivity index (χ0) is 15.0. The number of methoxy groups -OCH3 is 1. The molecule has 0 saturated heterocycles. The van der Waals surface area contributed by atoms with Crippen molar-refractivity contribution in [1.29, 1.82) is 0 Å². The van der Waals surface area contributed by atoms with E-state index in [0.717, 1.165) is 24.5 Å². The Morgan fingerprint density at radius 1 is 1.40 bits per heavy atom. The van der Waals surface area contributed by atoms with Crippen molar-refractivity contribution in [3.63, 3.8) is 0 Å². The molecule has 2 N–H and O–H groups in total. The lowest BCUT2D eigenvalue weighted by Gasteiger charge is -2.22. The van der Waals surface area contributed by atoms with E-state index in [0.29, 0.717) is 0 Å².